The number of fused-ring (bicyclic) bond motifs is 1. The Morgan fingerprint density at radius 2 is 1.80 bits per heavy atom. The number of aryl methyl sites for hydroxylation is 1. The largest absolute Gasteiger partial charge is 0.487 e. The molecule has 0 amide bonds. The van der Waals surface area contributed by atoms with E-state index in [4.69, 9.17) is 4.74 Å². The quantitative estimate of drug-likeness (QED) is 0.624. The molecule has 0 saturated heterocycles. The van der Waals surface area contributed by atoms with Gasteiger partial charge in [-0.3, -0.25) is 0 Å². The van der Waals surface area contributed by atoms with Crippen LogP contribution in [0.15, 0.2) is 18.2 Å². The van der Waals surface area contributed by atoms with Crippen LogP contribution < -0.4 is 4.74 Å². The number of hydrogen-bond acceptors (Lipinski definition) is 1. The standard InChI is InChI=1S/C14H20O/c1-10-7-6-8-11-12(10)15-14(4,5)9-13(11,2)3/h6-8H,9H2,1-5H3. The maximum Gasteiger partial charge on any atom is 0.126 e. The molecule has 0 N–H and O–H groups in total. The molecule has 0 bridgehead atoms. The van der Waals surface area contributed by atoms with Crippen molar-refractivity contribution in [2.24, 2.45) is 0 Å². The molecule has 0 aromatic heterocycles. The highest BCUT2D eigenvalue weighted by Gasteiger charge is 2.39. The summed E-state index contributed by atoms with van der Waals surface area (Å²) in [6.45, 7) is 11.1. The first-order valence-corrected chi connectivity index (χ1v) is 5.61. The van der Waals surface area contributed by atoms with Crippen LogP contribution in [0.5, 0.6) is 5.75 Å². The van der Waals surface area contributed by atoms with Crippen molar-refractivity contribution < 1.29 is 4.74 Å². The van der Waals surface area contributed by atoms with E-state index in [0.29, 0.717) is 0 Å². The van der Waals surface area contributed by atoms with Crippen molar-refractivity contribution in [3.63, 3.8) is 0 Å². The zero-order valence-electron chi connectivity index (χ0n) is 10.3. The van der Waals surface area contributed by atoms with Gasteiger partial charge in [0.25, 0.3) is 0 Å². The summed E-state index contributed by atoms with van der Waals surface area (Å²) in [5.41, 5.74) is 2.75. The number of para-hydroxylation sites is 1. The second-order valence-electron chi connectivity index (χ2n) is 5.87. The van der Waals surface area contributed by atoms with Gasteiger partial charge in [0.2, 0.25) is 0 Å². The van der Waals surface area contributed by atoms with E-state index in [0.717, 1.165) is 12.2 Å². The van der Waals surface area contributed by atoms with Gasteiger partial charge >= 0.3 is 0 Å². The Balaban J connectivity index is 2.60. The van der Waals surface area contributed by atoms with Gasteiger partial charge in [0.05, 0.1) is 0 Å². The summed E-state index contributed by atoms with van der Waals surface area (Å²) in [7, 11) is 0. The minimum Gasteiger partial charge on any atom is -0.487 e. The molecule has 2 rings (SSSR count). The lowest BCUT2D eigenvalue weighted by molar-refractivity contribution is 0.0525. The van der Waals surface area contributed by atoms with Gasteiger partial charge in [0.1, 0.15) is 11.4 Å². The fourth-order valence-corrected chi connectivity index (χ4v) is 2.79. The maximum atomic E-state index is 6.09. The highest BCUT2D eigenvalue weighted by atomic mass is 16.5. The van der Waals surface area contributed by atoms with Gasteiger partial charge in [-0.05, 0) is 38.2 Å². The number of benzene rings is 1. The average Bonchev–Trinajstić information content (AvgIpc) is 2.04. The zero-order valence-corrected chi connectivity index (χ0v) is 10.3. The van der Waals surface area contributed by atoms with Gasteiger partial charge in [-0.15, -0.1) is 0 Å². The Morgan fingerprint density at radius 3 is 2.47 bits per heavy atom. The van der Waals surface area contributed by atoms with E-state index >= 15 is 0 Å². The molecule has 0 spiro atoms. The van der Waals surface area contributed by atoms with Crippen molar-refractivity contribution in [1.82, 2.24) is 0 Å². The lowest BCUT2D eigenvalue weighted by Crippen LogP contribution is -2.41. The van der Waals surface area contributed by atoms with E-state index in [2.05, 4.69) is 52.8 Å². The van der Waals surface area contributed by atoms with Crippen LogP contribution >= 0.6 is 0 Å². The minimum atomic E-state index is -0.0530. The highest BCUT2D eigenvalue weighted by Crippen LogP contribution is 2.45. The Hall–Kier alpha value is -0.980. The van der Waals surface area contributed by atoms with Gasteiger partial charge in [-0.1, -0.05) is 32.0 Å². The summed E-state index contributed by atoms with van der Waals surface area (Å²) in [4.78, 5) is 0. The normalized spacial score (nSPS) is 21.7. The fourth-order valence-electron chi connectivity index (χ4n) is 2.79. The van der Waals surface area contributed by atoms with Crippen LogP contribution in [0.2, 0.25) is 0 Å². The van der Waals surface area contributed by atoms with Gasteiger partial charge in [-0.25, -0.2) is 0 Å². The Bertz CT molecular complexity index is 388. The molecule has 0 fully saturated rings. The first kappa shape index (κ1) is 10.5. The van der Waals surface area contributed by atoms with Crippen molar-refractivity contribution in [3.8, 4) is 5.75 Å². The van der Waals surface area contributed by atoms with E-state index in [1.54, 1.807) is 0 Å². The van der Waals surface area contributed by atoms with Crippen LogP contribution in [0.25, 0.3) is 0 Å². The van der Waals surface area contributed by atoms with Crippen LogP contribution in [-0.2, 0) is 5.41 Å². The molecule has 1 nitrogen and oxygen atoms in total. The second-order valence-corrected chi connectivity index (χ2v) is 5.87. The molecular weight excluding hydrogens is 184 g/mol. The van der Waals surface area contributed by atoms with Gasteiger partial charge in [-0.2, -0.15) is 0 Å². The van der Waals surface area contributed by atoms with Crippen molar-refractivity contribution >= 4 is 0 Å². The van der Waals surface area contributed by atoms with Crippen molar-refractivity contribution in [2.75, 3.05) is 0 Å². The Kier molecular flexibility index (Phi) is 2.11. The molecule has 1 heterocycles. The molecule has 1 aliphatic heterocycles. The second kappa shape index (κ2) is 3.01. The van der Waals surface area contributed by atoms with E-state index in [-0.39, 0.29) is 11.0 Å². The molecule has 1 aromatic carbocycles. The van der Waals surface area contributed by atoms with Crippen molar-refractivity contribution in [3.05, 3.63) is 29.3 Å². The molecule has 1 aromatic rings. The van der Waals surface area contributed by atoms with E-state index in [9.17, 15) is 0 Å². The predicted molar refractivity (Wildman–Crippen MR) is 63.5 cm³/mol. The highest BCUT2D eigenvalue weighted by molar-refractivity contribution is 5.47. The van der Waals surface area contributed by atoms with Crippen LogP contribution in [0.4, 0.5) is 0 Å². The number of ether oxygens (including phenoxy) is 1. The molecule has 0 aliphatic carbocycles. The van der Waals surface area contributed by atoms with E-state index in [1.165, 1.54) is 11.1 Å². The van der Waals surface area contributed by atoms with Crippen LogP contribution in [0, 0.1) is 6.92 Å². The summed E-state index contributed by atoms with van der Waals surface area (Å²) >= 11 is 0. The molecule has 0 radical (unpaired) electrons. The molecule has 0 unspecified atom stereocenters. The Morgan fingerprint density at radius 1 is 1.13 bits per heavy atom. The summed E-state index contributed by atoms with van der Waals surface area (Å²) in [6.07, 6.45) is 1.07. The van der Waals surface area contributed by atoms with Crippen LogP contribution in [0.1, 0.15) is 45.2 Å². The SMILES string of the molecule is Cc1cccc2c1OC(C)(C)CC2(C)C. The number of rotatable bonds is 0. The molecule has 0 saturated carbocycles. The summed E-state index contributed by atoms with van der Waals surface area (Å²) in [5.74, 6) is 1.10. The lowest BCUT2D eigenvalue weighted by atomic mass is 9.73. The third-order valence-corrected chi connectivity index (χ3v) is 3.19. The smallest absolute Gasteiger partial charge is 0.126 e. The molecule has 15 heavy (non-hydrogen) atoms. The summed E-state index contributed by atoms with van der Waals surface area (Å²) < 4.78 is 6.09. The molecule has 0 atom stereocenters. The lowest BCUT2D eigenvalue weighted by Gasteiger charge is -2.43. The molecular formula is C14H20O. The molecule has 1 heteroatoms. The first-order chi connectivity index (χ1) is 6.82. The van der Waals surface area contributed by atoms with Crippen molar-refractivity contribution in [2.45, 2.75) is 52.1 Å². The number of hydrogen-bond donors (Lipinski definition) is 0. The van der Waals surface area contributed by atoms with Crippen molar-refractivity contribution in [1.29, 1.82) is 0 Å². The minimum absolute atomic E-state index is 0.0530. The third-order valence-electron chi connectivity index (χ3n) is 3.19. The Labute approximate surface area is 92.5 Å². The van der Waals surface area contributed by atoms with Crippen LogP contribution in [-0.4, -0.2) is 5.60 Å². The zero-order chi connectivity index (χ0) is 11.3. The third kappa shape index (κ3) is 1.75. The van der Waals surface area contributed by atoms with E-state index in [1.807, 2.05) is 0 Å². The fraction of sp³-hybridized carbons (Fsp3) is 0.571. The maximum absolute atomic E-state index is 6.09. The monoisotopic (exact) mass is 204 g/mol. The van der Waals surface area contributed by atoms with Gasteiger partial charge in [0.15, 0.2) is 0 Å². The molecule has 1 aliphatic rings. The van der Waals surface area contributed by atoms with Crippen LogP contribution in [0.3, 0.4) is 0 Å². The van der Waals surface area contributed by atoms with E-state index < -0.39 is 0 Å². The van der Waals surface area contributed by atoms with Gasteiger partial charge < -0.3 is 4.74 Å². The summed E-state index contributed by atoms with van der Waals surface area (Å²) in [6, 6.07) is 6.44. The summed E-state index contributed by atoms with van der Waals surface area (Å²) in [5, 5.41) is 0. The molecule has 82 valence electrons. The average molecular weight is 204 g/mol. The predicted octanol–water partition coefficient (Wildman–Crippen LogP) is 3.83. The first-order valence-electron chi connectivity index (χ1n) is 5.61. The topological polar surface area (TPSA) is 9.23 Å². The van der Waals surface area contributed by atoms with Gasteiger partial charge in [0, 0.05) is 5.56 Å².